The second-order valence-electron chi connectivity index (χ2n) is 8.91. The number of halogens is 1. The minimum atomic E-state index is -3.84. The molecule has 0 spiro atoms. The predicted molar refractivity (Wildman–Crippen MR) is 127 cm³/mol. The Hall–Kier alpha value is -3.23. The van der Waals surface area contributed by atoms with Gasteiger partial charge in [-0.3, -0.25) is 10.0 Å². The zero-order valence-corrected chi connectivity index (χ0v) is 20.0. The van der Waals surface area contributed by atoms with E-state index < -0.39 is 31.9 Å². The number of hydrogen-bond donors (Lipinski definition) is 3. The highest BCUT2D eigenvalue weighted by Crippen LogP contribution is 2.29. The average molecular weight is 501 g/mol. The van der Waals surface area contributed by atoms with E-state index in [1.54, 1.807) is 53.2 Å². The summed E-state index contributed by atoms with van der Waals surface area (Å²) < 4.78 is 44.4. The lowest BCUT2D eigenvalue weighted by molar-refractivity contribution is -0.184. The Labute approximate surface area is 202 Å². The number of amides is 1. The maximum atomic E-state index is 15.1. The van der Waals surface area contributed by atoms with Crippen molar-refractivity contribution < 1.29 is 32.7 Å². The smallest absolute Gasteiger partial charge is 0.264 e. The third kappa shape index (κ3) is 4.56. The van der Waals surface area contributed by atoms with Gasteiger partial charge in [-0.15, -0.1) is 0 Å². The summed E-state index contributed by atoms with van der Waals surface area (Å²) in [7, 11) is -3.84. The number of ether oxygens (including phenoxy) is 1. The summed E-state index contributed by atoms with van der Waals surface area (Å²) in [6, 6.07) is 11.8. The molecule has 1 amide bonds. The SMILES string of the molecule is CC(CCn1ccc2c(F)c(C#Cc3ccc(C4(O)COC4)cc3)ccc21)(C(=O)NO)S(C)(=O)=O. The highest BCUT2D eigenvalue weighted by Gasteiger charge is 2.43. The molecule has 1 unspecified atom stereocenters. The molecule has 3 N–H and O–H groups in total. The summed E-state index contributed by atoms with van der Waals surface area (Å²) in [5, 5.41) is 19.6. The molecule has 184 valence electrons. The van der Waals surface area contributed by atoms with Crippen molar-refractivity contribution in [1.82, 2.24) is 10.0 Å². The van der Waals surface area contributed by atoms with Crippen LogP contribution in [0.5, 0.6) is 0 Å². The van der Waals surface area contributed by atoms with E-state index >= 15 is 4.39 Å². The molecule has 2 aromatic carbocycles. The van der Waals surface area contributed by atoms with Crippen LogP contribution in [0.15, 0.2) is 48.7 Å². The van der Waals surface area contributed by atoms with Gasteiger partial charge in [-0.25, -0.2) is 18.3 Å². The number of benzene rings is 2. The Morgan fingerprint density at radius 3 is 2.46 bits per heavy atom. The number of hydroxylamine groups is 1. The number of aliphatic hydroxyl groups is 1. The van der Waals surface area contributed by atoms with Crippen molar-refractivity contribution in [2.45, 2.75) is 30.2 Å². The second kappa shape index (κ2) is 9.09. The molecule has 0 bridgehead atoms. The zero-order chi connectivity index (χ0) is 25.4. The van der Waals surface area contributed by atoms with Gasteiger partial charge in [0.1, 0.15) is 11.4 Å². The van der Waals surface area contributed by atoms with Crippen molar-refractivity contribution in [2.24, 2.45) is 0 Å². The van der Waals surface area contributed by atoms with E-state index in [9.17, 15) is 18.3 Å². The normalized spacial score (nSPS) is 16.6. The van der Waals surface area contributed by atoms with E-state index in [1.165, 1.54) is 12.4 Å². The van der Waals surface area contributed by atoms with Crippen LogP contribution in [-0.4, -0.2) is 53.4 Å². The summed E-state index contributed by atoms with van der Waals surface area (Å²) in [6.45, 7) is 1.85. The number of nitrogens with zero attached hydrogens (tertiary/aromatic N) is 1. The van der Waals surface area contributed by atoms with Gasteiger partial charge in [-0.05, 0) is 49.2 Å². The van der Waals surface area contributed by atoms with Crippen molar-refractivity contribution >= 4 is 26.6 Å². The fourth-order valence-corrected chi connectivity index (χ4v) is 4.76. The maximum Gasteiger partial charge on any atom is 0.264 e. The van der Waals surface area contributed by atoms with E-state index in [1.807, 2.05) is 0 Å². The highest BCUT2D eigenvalue weighted by molar-refractivity contribution is 7.92. The minimum Gasteiger partial charge on any atom is -0.380 e. The predicted octanol–water partition coefficient (Wildman–Crippen LogP) is 2.10. The van der Waals surface area contributed by atoms with Crippen LogP contribution in [0.3, 0.4) is 0 Å². The number of carbonyl (C=O) groups excluding carboxylic acids is 1. The minimum absolute atomic E-state index is 0.106. The number of aryl methyl sites for hydroxylation is 1. The monoisotopic (exact) mass is 500 g/mol. The number of fused-ring (bicyclic) bond motifs is 1. The molecule has 1 aliphatic heterocycles. The summed E-state index contributed by atoms with van der Waals surface area (Å²) >= 11 is 0. The lowest BCUT2D eigenvalue weighted by atomic mass is 9.91. The molecule has 1 aromatic heterocycles. The van der Waals surface area contributed by atoms with Crippen LogP contribution in [0, 0.1) is 17.7 Å². The van der Waals surface area contributed by atoms with Crippen LogP contribution in [-0.2, 0) is 31.5 Å². The molecule has 1 fully saturated rings. The Morgan fingerprint density at radius 2 is 1.89 bits per heavy atom. The first kappa shape index (κ1) is 24.9. The van der Waals surface area contributed by atoms with Crippen molar-refractivity contribution in [2.75, 3.05) is 19.5 Å². The van der Waals surface area contributed by atoms with Crippen LogP contribution < -0.4 is 5.48 Å². The topological polar surface area (TPSA) is 118 Å². The molecule has 1 aliphatic rings. The molecule has 4 rings (SSSR count). The van der Waals surface area contributed by atoms with Crippen molar-refractivity contribution in [1.29, 1.82) is 0 Å². The summed E-state index contributed by atoms with van der Waals surface area (Å²) in [5.74, 6) is 4.22. The Kier molecular flexibility index (Phi) is 6.46. The van der Waals surface area contributed by atoms with E-state index in [0.717, 1.165) is 11.8 Å². The van der Waals surface area contributed by atoms with Crippen molar-refractivity contribution in [3.8, 4) is 11.8 Å². The van der Waals surface area contributed by atoms with E-state index in [4.69, 9.17) is 9.94 Å². The van der Waals surface area contributed by atoms with E-state index in [0.29, 0.717) is 16.5 Å². The van der Waals surface area contributed by atoms with Gasteiger partial charge < -0.3 is 14.4 Å². The largest absolute Gasteiger partial charge is 0.380 e. The van der Waals surface area contributed by atoms with Gasteiger partial charge in [0.25, 0.3) is 5.91 Å². The first-order chi connectivity index (χ1) is 16.5. The Bertz CT molecular complexity index is 1450. The van der Waals surface area contributed by atoms with Crippen LogP contribution in [0.25, 0.3) is 10.9 Å². The number of nitrogens with one attached hydrogen (secondary N) is 1. The molecule has 0 saturated carbocycles. The summed E-state index contributed by atoms with van der Waals surface area (Å²) in [6.07, 6.45) is 2.41. The maximum absolute atomic E-state index is 15.1. The van der Waals surface area contributed by atoms with Gasteiger partial charge in [0.2, 0.25) is 0 Å². The van der Waals surface area contributed by atoms with Gasteiger partial charge in [-0.1, -0.05) is 24.0 Å². The second-order valence-corrected chi connectivity index (χ2v) is 11.4. The van der Waals surface area contributed by atoms with Crippen molar-refractivity contribution in [3.63, 3.8) is 0 Å². The number of rotatable bonds is 6. The molecule has 8 nitrogen and oxygen atoms in total. The molecular formula is C25H25FN2O6S. The molecule has 10 heteroatoms. The molecule has 2 heterocycles. The molecule has 35 heavy (non-hydrogen) atoms. The van der Waals surface area contributed by atoms with Gasteiger partial charge in [-0.2, -0.15) is 0 Å². The van der Waals surface area contributed by atoms with Gasteiger partial charge in [0.05, 0.1) is 24.3 Å². The van der Waals surface area contributed by atoms with Crippen LogP contribution >= 0.6 is 0 Å². The molecule has 1 atom stereocenters. The first-order valence-electron chi connectivity index (χ1n) is 10.8. The molecule has 1 saturated heterocycles. The summed E-state index contributed by atoms with van der Waals surface area (Å²) in [4.78, 5) is 12.0. The van der Waals surface area contributed by atoms with E-state index in [2.05, 4.69) is 11.8 Å². The third-order valence-electron chi connectivity index (χ3n) is 6.56. The highest BCUT2D eigenvalue weighted by atomic mass is 32.2. The van der Waals surface area contributed by atoms with Gasteiger partial charge in [0.15, 0.2) is 14.6 Å². The average Bonchev–Trinajstić information content (AvgIpc) is 3.23. The number of aromatic nitrogens is 1. The molecule has 3 aromatic rings. The van der Waals surface area contributed by atoms with Crippen molar-refractivity contribution in [3.05, 3.63) is 71.2 Å². The number of carbonyl (C=O) groups is 1. The Balaban J connectivity index is 1.55. The van der Waals surface area contributed by atoms with Crippen LogP contribution in [0.2, 0.25) is 0 Å². The van der Waals surface area contributed by atoms with Crippen LogP contribution in [0.1, 0.15) is 30.0 Å². The van der Waals surface area contributed by atoms with Gasteiger partial charge >= 0.3 is 0 Å². The molecule has 0 radical (unpaired) electrons. The molecular weight excluding hydrogens is 475 g/mol. The Morgan fingerprint density at radius 1 is 1.20 bits per heavy atom. The lowest BCUT2D eigenvalue weighted by Gasteiger charge is -2.36. The van der Waals surface area contributed by atoms with E-state index in [-0.39, 0.29) is 31.7 Å². The lowest BCUT2D eigenvalue weighted by Crippen LogP contribution is -2.49. The molecule has 0 aliphatic carbocycles. The van der Waals surface area contributed by atoms with Gasteiger partial charge in [0, 0.05) is 29.9 Å². The number of sulfone groups is 1. The first-order valence-corrected chi connectivity index (χ1v) is 12.7. The standard InChI is InChI=1S/C25H25FN2O6S/c1-24(23(29)27-31,35(2,32)33)12-14-28-13-11-20-21(28)10-7-18(22(20)26)6-3-17-4-8-19(9-5-17)25(30)15-34-16-25/h4-5,7-11,13,30-31H,12,14-16H2,1-2H3,(H,27,29). The fourth-order valence-electron chi connectivity index (χ4n) is 3.91. The zero-order valence-electron chi connectivity index (χ0n) is 19.2. The van der Waals surface area contributed by atoms with Crippen LogP contribution in [0.4, 0.5) is 4.39 Å². The third-order valence-corrected chi connectivity index (χ3v) is 8.59. The number of hydrogen-bond acceptors (Lipinski definition) is 6. The summed E-state index contributed by atoms with van der Waals surface area (Å²) in [5.41, 5.74) is 2.59. The fraction of sp³-hybridized carbons (Fsp3) is 0.320. The quantitative estimate of drug-likeness (QED) is 0.271.